The Morgan fingerprint density at radius 3 is 2.19 bits per heavy atom. The average Bonchev–Trinajstić information content (AvgIpc) is 3.61. The van der Waals surface area contributed by atoms with E-state index >= 15 is 0 Å². The van der Waals surface area contributed by atoms with Crippen molar-refractivity contribution in [3.8, 4) is 28.4 Å². The minimum Gasteiger partial charge on any atom is -0.497 e. The molecule has 0 radical (unpaired) electrons. The van der Waals surface area contributed by atoms with E-state index in [1.165, 1.54) is 18.4 Å². The van der Waals surface area contributed by atoms with Crippen molar-refractivity contribution in [1.82, 2.24) is 14.3 Å². The SMILES string of the molecule is COC(=O)C1=C(C)N=c2s/c(=C\c3cn(-c4ccccc4)nc3-c3ccc(OC)cc3)c(=O)n2C1c1ccc(OC)cc1. The van der Waals surface area contributed by atoms with Crippen LogP contribution in [0.5, 0.6) is 11.5 Å². The summed E-state index contributed by atoms with van der Waals surface area (Å²) >= 11 is 1.26. The van der Waals surface area contributed by atoms with Crippen LogP contribution in [0.3, 0.4) is 0 Å². The second-order valence-electron chi connectivity index (χ2n) is 9.79. The highest BCUT2D eigenvalue weighted by molar-refractivity contribution is 7.07. The second-order valence-corrected chi connectivity index (χ2v) is 10.8. The molecular formula is C33H28N4O5S. The number of methoxy groups -OCH3 is 3. The van der Waals surface area contributed by atoms with E-state index in [9.17, 15) is 9.59 Å². The maximum atomic E-state index is 14.1. The van der Waals surface area contributed by atoms with Gasteiger partial charge in [-0.2, -0.15) is 5.10 Å². The Morgan fingerprint density at radius 1 is 0.907 bits per heavy atom. The van der Waals surface area contributed by atoms with Gasteiger partial charge in [-0.15, -0.1) is 0 Å². The van der Waals surface area contributed by atoms with E-state index in [0.717, 1.165) is 28.1 Å². The quantitative estimate of drug-likeness (QED) is 0.262. The van der Waals surface area contributed by atoms with Crippen molar-refractivity contribution in [2.24, 2.45) is 4.99 Å². The fourth-order valence-electron chi connectivity index (χ4n) is 5.11. The molecule has 0 aliphatic carbocycles. The summed E-state index contributed by atoms with van der Waals surface area (Å²) in [6.45, 7) is 1.76. The molecule has 0 bridgehead atoms. The lowest BCUT2D eigenvalue weighted by Crippen LogP contribution is -2.39. The van der Waals surface area contributed by atoms with Gasteiger partial charge in [-0.1, -0.05) is 41.7 Å². The minimum atomic E-state index is -0.718. The van der Waals surface area contributed by atoms with Crippen LogP contribution in [-0.2, 0) is 9.53 Å². The molecule has 6 rings (SSSR count). The monoisotopic (exact) mass is 592 g/mol. The fraction of sp³-hybridized carbons (Fsp3) is 0.152. The summed E-state index contributed by atoms with van der Waals surface area (Å²) in [5, 5.41) is 4.89. The van der Waals surface area contributed by atoms with Gasteiger partial charge in [-0.25, -0.2) is 14.5 Å². The van der Waals surface area contributed by atoms with Crippen molar-refractivity contribution in [3.63, 3.8) is 0 Å². The number of fused-ring (bicyclic) bond motifs is 1. The van der Waals surface area contributed by atoms with Crippen LogP contribution >= 0.6 is 11.3 Å². The summed E-state index contributed by atoms with van der Waals surface area (Å²) in [5.41, 5.74) is 4.48. The lowest BCUT2D eigenvalue weighted by Gasteiger charge is -2.24. The molecule has 1 aliphatic heterocycles. The van der Waals surface area contributed by atoms with Crippen LogP contribution in [0.2, 0.25) is 0 Å². The highest BCUT2D eigenvalue weighted by Gasteiger charge is 2.33. The van der Waals surface area contributed by atoms with Crippen LogP contribution < -0.4 is 24.4 Å². The number of hydrogen-bond acceptors (Lipinski definition) is 8. The fourth-order valence-corrected chi connectivity index (χ4v) is 6.15. The van der Waals surface area contributed by atoms with Crippen molar-refractivity contribution < 1.29 is 19.0 Å². The minimum absolute atomic E-state index is 0.272. The second kappa shape index (κ2) is 11.6. The average molecular weight is 593 g/mol. The Kier molecular flexibility index (Phi) is 7.52. The third-order valence-corrected chi connectivity index (χ3v) is 8.25. The standard InChI is InChI=1S/C33H28N4O5S/c1-20-28(32(39)42-4)30(22-12-16-26(41-3)17-13-22)37-31(38)27(43-33(37)34-20)18-23-19-36(24-8-6-5-7-9-24)35-29(23)21-10-14-25(40-2)15-11-21/h5-19,30H,1-4H3/b27-18-. The number of para-hydroxylation sites is 1. The first-order chi connectivity index (χ1) is 20.9. The van der Waals surface area contributed by atoms with Gasteiger partial charge in [0.15, 0.2) is 4.80 Å². The number of aromatic nitrogens is 3. The molecule has 5 aromatic rings. The number of ether oxygens (including phenoxy) is 3. The van der Waals surface area contributed by atoms with E-state index < -0.39 is 12.0 Å². The van der Waals surface area contributed by atoms with Gasteiger partial charge in [0.2, 0.25) is 0 Å². The van der Waals surface area contributed by atoms with Crippen molar-refractivity contribution in [3.05, 3.63) is 127 Å². The number of benzene rings is 3. The highest BCUT2D eigenvalue weighted by Crippen LogP contribution is 2.32. The van der Waals surface area contributed by atoms with Crippen LogP contribution in [0.25, 0.3) is 23.0 Å². The molecular weight excluding hydrogens is 564 g/mol. The summed E-state index contributed by atoms with van der Waals surface area (Å²) < 4.78 is 19.6. The number of carbonyl (C=O) groups excluding carboxylic acids is 1. The van der Waals surface area contributed by atoms with Gasteiger partial charge in [-0.05, 0) is 67.1 Å². The molecule has 0 N–H and O–H groups in total. The molecule has 2 aromatic heterocycles. The summed E-state index contributed by atoms with van der Waals surface area (Å²) in [7, 11) is 4.53. The molecule has 0 saturated carbocycles. The van der Waals surface area contributed by atoms with E-state index in [-0.39, 0.29) is 5.56 Å². The van der Waals surface area contributed by atoms with Crippen molar-refractivity contribution in [2.45, 2.75) is 13.0 Å². The topological polar surface area (TPSA) is 96.9 Å². The first kappa shape index (κ1) is 27.9. The van der Waals surface area contributed by atoms with E-state index in [1.54, 1.807) is 42.5 Å². The summed E-state index contributed by atoms with van der Waals surface area (Å²) in [5.74, 6) is 0.858. The smallest absolute Gasteiger partial charge is 0.338 e. The molecule has 0 spiro atoms. The zero-order chi connectivity index (χ0) is 30.1. The van der Waals surface area contributed by atoms with Crippen LogP contribution in [0, 0.1) is 0 Å². The number of nitrogens with zero attached hydrogens (tertiary/aromatic N) is 4. The van der Waals surface area contributed by atoms with Crippen LogP contribution in [0.15, 0.2) is 106 Å². The van der Waals surface area contributed by atoms with Crippen molar-refractivity contribution in [1.29, 1.82) is 0 Å². The van der Waals surface area contributed by atoms with Crippen molar-refractivity contribution in [2.75, 3.05) is 21.3 Å². The lowest BCUT2D eigenvalue weighted by molar-refractivity contribution is -0.136. The Hall–Kier alpha value is -5.22. The van der Waals surface area contributed by atoms with Gasteiger partial charge < -0.3 is 14.2 Å². The first-order valence-corrected chi connectivity index (χ1v) is 14.3. The Labute approximate surface area is 251 Å². The molecule has 1 unspecified atom stereocenters. The number of esters is 1. The normalized spacial score (nSPS) is 14.7. The van der Waals surface area contributed by atoms with Gasteiger partial charge in [0, 0.05) is 17.3 Å². The zero-order valence-electron chi connectivity index (χ0n) is 24.0. The van der Waals surface area contributed by atoms with E-state index in [0.29, 0.717) is 32.0 Å². The maximum absolute atomic E-state index is 14.1. The Balaban J connectivity index is 1.55. The van der Waals surface area contributed by atoms with Gasteiger partial charge >= 0.3 is 5.97 Å². The van der Waals surface area contributed by atoms with Gasteiger partial charge in [0.05, 0.1) is 48.9 Å². The van der Waals surface area contributed by atoms with E-state index in [4.69, 9.17) is 19.3 Å². The molecule has 3 aromatic carbocycles. The van der Waals surface area contributed by atoms with Gasteiger partial charge in [0.1, 0.15) is 17.2 Å². The first-order valence-electron chi connectivity index (χ1n) is 13.5. The number of carbonyl (C=O) groups is 1. The van der Waals surface area contributed by atoms with Crippen LogP contribution in [0.1, 0.15) is 24.1 Å². The van der Waals surface area contributed by atoms with E-state index in [2.05, 4.69) is 4.99 Å². The molecule has 0 fully saturated rings. The molecule has 43 heavy (non-hydrogen) atoms. The predicted octanol–water partition coefficient (Wildman–Crippen LogP) is 4.28. The lowest BCUT2D eigenvalue weighted by atomic mass is 9.96. The van der Waals surface area contributed by atoms with Crippen LogP contribution in [-0.4, -0.2) is 41.6 Å². The predicted molar refractivity (Wildman–Crippen MR) is 164 cm³/mol. The number of allylic oxidation sites excluding steroid dienone is 1. The Morgan fingerprint density at radius 2 is 1.56 bits per heavy atom. The zero-order valence-corrected chi connectivity index (χ0v) is 24.8. The number of thiazole rings is 1. The van der Waals surface area contributed by atoms with Crippen molar-refractivity contribution >= 4 is 23.4 Å². The molecule has 10 heteroatoms. The largest absolute Gasteiger partial charge is 0.497 e. The third kappa shape index (κ3) is 5.17. The van der Waals surface area contributed by atoms with Gasteiger partial charge in [0.25, 0.3) is 5.56 Å². The molecule has 0 amide bonds. The number of hydrogen-bond donors (Lipinski definition) is 0. The maximum Gasteiger partial charge on any atom is 0.338 e. The molecule has 0 saturated heterocycles. The van der Waals surface area contributed by atoms with Crippen LogP contribution in [0.4, 0.5) is 0 Å². The third-order valence-electron chi connectivity index (χ3n) is 7.27. The summed E-state index contributed by atoms with van der Waals surface area (Å²) in [4.78, 5) is 32.3. The summed E-state index contributed by atoms with van der Waals surface area (Å²) in [6, 6.07) is 24.0. The highest BCUT2D eigenvalue weighted by atomic mass is 32.1. The number of rotatable bonds is 7. The molecule has 3 heterocycles. The van der Waals surface area contributed by atoms with Gasteiger partial charge in [-0.3, -0.25) is 9.36 Å². The van der Waals surface area contributed by atoms with E-state index in [1.807, 2.05) is 79.0 Å². The molecule has 1 aliphatic rings. The summed E-state index contributed by atoms with van der Waals surface area (Å²) in [6.07, 6.45) is 3.73. The molecule has 1 atom stereocenters. The molecule has 9 nitrogen and oxygen atoms in total. The molecule has 216 valence electrons. The Bertz CT molecular complexity index is 2020.